The van der Waals surface area contributed by atoms with Crippen LogP contribution in [0.3, 0.4) is 0 Å². The number of hydrazone groups is 1. The van der Waals surface area contributed by atoms with Gasteiger partial charge in [-0.2, -0.15) is 5.10 Å². The first-order valence-electron chi connectivity index (χ1n) is 6.89. The standard InChI is InChI=1S/C13H23N5O4/c1-10(14-18-6-8-21-9-7-18)11(12(19)16(2)3)15-22-13(20)17(4)5/h6-9H2,1-5H3. The smallest absolute Gasteiger partial charge is 0.378 e. The average molecular weight is 313 g/mol. The molecular formula is C13H23N5O4. The summed E-state index contributed by atoms with van der Waals surface area (Å²) in [6.45, 7) is 4.09. The molecule has 0 radical (unpaired) electrons. The zero-order chi connectivity index (χ0) is 16.7. The summed E-state index contributed by atoms with van der Waals surface area (Å²) in [5.41, 5.74) is 0.374. The number of carbonyl (C=O) groups excluding carboxylic acids is 2. The normalized spacial score (nSPS) is 16.3. The molecule has 0 N–H and O–H groups in total. The maximum absolute atomic E-state index is 12.2. The van der Waals surface area contributed by atoms with E-state index in [2.05, 4.69) is 10.3 Å². The fourth-order valence-electron chi connectivity index (χ4n) is 1.55. The van der Waals surface area contributed by atoms with Gasteiger partial charge in [0.25, 0.3) is 5.91 Å². The maximum atomic E-state index is 12.2. The Hall–Kier alpha value is -2.16. The first-order chi connectivity index (χ1) is 10.3. The van der Waals surface area contributed by atoms with E-state index in [9.17, 15) is 9.59 Å². The van der Waals surface area contributed by atoms with Gasteiger partial charge in [-0.15, -0.1) is 0 Å². The highest BCUT2D eigenvalue weighted by Gasteiger charge is 2.21. The van der Waals surface area contributed by atoms with Crippen molar-refractivity contribution in [3.8, 4) is 0 Å². The molecular weight excluding hydrogens is 290 g/mol. The summed E-state index contributed by atoms with van der Waals surface area (Å²) in [4.78, 5) is 30.9. The lowest BCUT2D eigenvalue weighted by atomic mass is 10.2. The predicted octanol–water partition coefficient (Wildman–Crippen LogP) is -0.163. The van der Waals surface area contributed by atoms with E-state index in [1.54, 1.807) is 26.0 Å². The highest BCUT2D eigenvalue weighted by Crippen LogP contribution is 2.01. The van der Waals surface area contributed by atoms with E-state index >= 15 is 0 Å². The topological polar surface area (TPSA) is 87.0 Å². The Morgan fingerprint density at radius 3 is 2.18 bits per heavy atom. The number of rotatable bonds is 4. The Bertz CT molecular complexity index is 467. The molecule has 9 nitrogen and oxygen atoms in total. The molecule has 0 aliphatic carbocycles. The molecule has 0 unspecified atom stereocenters. The summed E-state index contributed by atoms with van der Waals surface area (Å²) in [5.74, 6) is -0.388. The molecule has 1 saturated heterocycles. The predicted molar refractivity (Wildman–Crippen MR) is 81.8 cm³/mol. The van der Waals surface area contributed by atoms with Crippen molar-refractivity contribution in [2.45, 2.75) is 6.92 Å². The average Bonchev–Trinajstić information content (AvgIpc) is 2.47. The summed E-state index contributed by atoms with van der Waals surface area (Å²) in [7, 11) is 6.24. The molecule has 0 aromatic carbocycles. The minimum Gasteiger partial charge on any atom is -0.378 e. The van der Waals surface area contributed by atoms with Gasteiger partial charge in [-0.05, 0) is 6.92 Å². The van der Waals surface area contributed by atoms with Crippen LogP contribution in [0.1, 0.15) is 6.92 Å². The van der Waals surface area contributed by atoms with Crippen molar-refractivity contribution in [3.63, 3.8) is 0 Å². The van der Waals surface area contributed by atoms with Crippen molar-refractivity contribution in [2.24, 2.45) is 10.3 Å². The molecule has 1 aliphatic heterocycles. The molecule has 1 rings (SSSR count). The molecule has 0 bridgehead atoms. The van der Waals surface area contributed by atoms with E-state index in [4.69, 9.17) is 9.57 Å². The van der Waals surface area contributed by atoms with Crippen LogP contribution < -0.4 is 0 Å². The molecule has 1 heterocycles. The van der Waals surface area contributed by atoms with Gasteiger partial charge in [0.05, 0.1) is 32.0 Å². The number of nitrogens with zero attached hydrogens (tertiary/aromatic N) is 5. The second-order valence-electron chi connectivity index (χ2n) is 5.14. The van der Waals surface area contributed by atoms with Gasteiger partial charge in [0.15, 0.2) is 5.71 Å². The highest BCUT2D eigenvalue weighted by molar-refractivity contribution is 6.66. The van der Waals surface area contributed by atoms with Gasteiger partial charge in [-0.3, -0.25) is 14.6 Å². The number of hydrogen-bond acceptors (Lipinski definition) is 7. The Labute approximate surface area is 130 Å². The van der Waals surface area contributed by atoms with Crippen LogP contribution in [0.5, 0.6) is 0 Å². The summed E-state index contributed by atoms with van der Waals surface area (Å²) in [6.07, 6.45) is -0.664. The first-order valence-corrected chi connectivity index (χ1v) is 6.89. The van der Waals surface area contributed by atoms with E-state index in [0.29, 0.717) is 32.0 Å². The molecule has 1 fully saturated rings. The lowest BCUT2D eigenvalue weighted by Crippen LogP contribution is -2.38. The summed E-state index contributed by atoms with van der Waals surface area (Å²) >= 11 is 0. The molecule has 124 valence electrons. The number of morpholine rings is 1. The van der Waals surface area contributed by atoms with Gasteiger partial charge in [-0.1, -0.05) is 5.16 Å². The van der Waals surface area contributed by atoms with Crippen molar-refractivity contribution in [1.29, 1.82) is 0 Å². The van der Waals surface area contributed by atoms with Crippen molar-refractivity contribution >= 4 is 23.4 Å². The highest BCUT2D eigenvalue weighted by atomic mass is 16.7. The van der Waals surface area contributed by atoms with Crippen LogP contribution in [-0.2, 0) is 14.4 Å². The second-order valence-corrected chi connectivity index (χ2v) is 5.14. The van der Waals surface area contributed by atoms with Crippen molar-refractivity contribution in [2.75, 3.05) is 54.5 Å². The Balaban J connectivity index is 2.93. The monoisotopic (exact) mass is 313 g/mol. The third-order valence-corrected chi connectivity index (χ3v) is 2.81. The largest absolute Gasteiger partial charge is 0.435 e. The first kappa shape index (κ1) is 17.9. The number of oxime groups is 1. The molecule has 0 saturated carbocycles. The minimum atomic E-state index is -0.664. The third-order valence-electron chi connectivity index (χ3n) is 2.81. The SMILES string of the molecule is CC(=NN1CCOCC1)C(=NOC(=O)N(C)C)C(=O)N(C)C. The molecule has 0 atom stereocenters. The van der Waals surface area contributed by atoms with Crippen molar-refractivity contribution in [1.82, 2.24) is 14.8 Å². The van der Waals surface area contributed by atoms with E-state index in [1.165, 1.54) is 23.9 Å². The van der Waals surface area contributed by atoms with Crippen LogP contribution in [0.25, 0.3) is 0 Å². The number of ether oxygens (including phenoxy) is 1. The fraction of sp³-hybridized carbons (Fsp3) is 0.692. The number of carbonyl (C=O) groups is 2. The van der Waals surface area contributed by atoms with Crippen LogP contribution in [0.15, 0.2) is 10.3 Å². The Morgan fingerprint density at radius 2 is 1.68 bits per heavy atom. The van der Waals surface area contributed by atoms with Gasteiger partial charge in [0, 0.05) is 28.2 Å². The van der Waals surface area contributed by atoms with Gasteiger partial charge >= 0.3 is 6.09 Å². The van der Waals surface area contributed by atoms with Gasteiger partial charge in [0.2, 0.25) is 0 Å². The number of amides is 2. The van der Waals surface area contributed by atoms with E-state index in [1.807, 2.05) is 0 Å². The molecule has 0 aromatic rings. The van der Waals surface area contributed by atoms with Gasteiger partial charge in [-0.25, -0.2) is 4.79 Å². The van der Waals surface area contributed by atoms with Gasteiger partial charge in [0.1, 0.15) is 0 Å². The lowest BCUT2D eigenvalue weighted by Gasteiger charge is -2.24. The van der Waals surface area contributed by atoms with Crippen LogP contribution in [-0.4, -0.2) is 92.7 Å². The zero-order valence-electron chi connectivity index (χ0n) is 13.7. The van der Waals surface area contributed by atoms with Crippen LogP contribution in [0.4, 0.5) is 4.79 Å². The lowest BCUT2D eigenvalue weighted by molar-refractivity contribution is -0.121. The van der Waals surface area contributed by atoms with Crippen LogP contribution in [0, 0.1) is 0 Å². The summed E-state index contributed by atoms with van der Waals surface area (Å²) < 4.78 is 5.24. The van der Waals surface area contributed by atoms with Crippen LogP contribution in [0.2, 0.25) is 0 Å². The quantitative estimate of drug-likeness (QED) is 0.409. The fourth-order valence-corrected chi connectivity index (χ4v) is 1.55. The summed E-state index contributed by atoms with van der Waals surface area (Å²) in [6, 6.07) is 0. The van der Waals surface area contributed by atoms with E-state index < -0.39 is 6.09 Å². The minimum absolute atomic E-state index is 0.00769. The van der Waals surface area contributed by atoms with Crippen molar-refractivity contribution < 1.29 is 19.2 Å². The third kappa shape index (κ3) is 5.32. The van der Waals surface area contributed by atoms with Crippen LogP contribution >= 0.6 is 0 Å². The van der Waals surface area contributed by atoms with E-state index in [-0.39, 0.29) is 11.6 Å². The van der Waals surface area contributed by atoms with Crippen molar-refractivity contribution in [3.05, 3.63) is 0 Å². The maximum Gasteiger partial charge on any atom is 0.435 e. The molecule has 9 heteroatoms. The second kappa shape index (κ2) is 8.32. The Kier molecular flexibility index (Phi) is 6.77. The number of hydrogen-bond donors (Lipinski definition) is 0. The molecule has 2 amide bonds. The molecule has 1 aliphatic rings. The molecule has 22 heavy (non-hydrogen) atoms. The summed E-state index contributed by atoms with van der Waals surface area (Å²) in [5, 5.41) is 9.82. The van der Waals surface area contributed by atoms with E-state index in [0.717, 1.165) is 0 Å². The molecule has 0 aromatic heterocycles. The van der Waals surface area contributed by atoms with Gasteiger partial charge < -0.3 is 14.5 Å². The zero-order valence-corrected chi connectivity index (χ0v) is 13.7. The Morgan fingerprint density at radius 1 is 1.09 bits per heavy atom. The molecule has 0 spiro atoms.